The van der Waals surface area contributed by atoms with E-state index in [4.69, 9.17) is 12.2 Å². The Balaban J connectivity index is 1.69. The monoisotopic (exact) mass is 399 g/mol. The number of amides is 1. The third kappa shape index (κ3) is 5.07. The van der Waals surface area contributed by atoms with Gasteiger partial charge in [0, 0.05) is 11.1 Å². The molecule has 1 aromatic heterocycles. The van der Waals surface area contributed by atoms with Crippen LogP contribution in [0.4, 0.5) is 17.1 Å². The Morgan fingerprint density at radius 2 is 1.85 bits per heavy atom. The van der Waals surface area contributed by atoms with Crippen LogP contribution in [-0.2, 0) is 0 Å². The summed E-state index contributed by atoms with van der Waals surface area (Å²) in [6.45, 7) is 1.70. The number of thiocarbonyl (C=S) groups is 1. The number of hydrogen-bond donors (Lipinski definition) is 4. The standard InChI is InChI=1S/C18H17N5O2S2/c1-11(24)12-5-4-6-13(9-12)19-18(26)21-15-8-3-2-7-14(15)20-17(25)16-10-27-23-22-16/h2-11,24H,1H3,(H,20,25)(H2,19,21,26). The van der Waals surface area contributed by atoms with Crippen LogP contribution in [-0.4, -0.2) is 25.7 Å². The summed E-state index contributed by atoms with van der Waals surface area (Å²) >= 11 is 6.47. The van der Waals surface area contributed by atoms with Crippen molar-refractivity contribution < 1.29 is 9.90 Å². The number of nitrogens with one attached hydrogen (secondary N) is 3. The molecule has 1 atom stereocenters. The van der Waals surface area contributed by atoms with Crippen molar-refractivity contribution in [1.29, 1.82) is 0 Å². The van der Waals surface area contributed by atoms with Crippen LogP contribution < -0.4 is 16.0 Å². The van der Waals surface area contributed by atoms with E-state index in [1.165, 1.54) is 0 Å². The van der Waals surface area contributed by atoms with E-state index in [1.54, 1.807) is 24.4 Å². The molecule has 0 saturated carbocycles. The van der Waals surface area contributed by atoms with Gasteiger partial charge in [0.1, 0.15) is 0 Å². The van der Waals surface area contributed by atoms with Gasteiger partial charge in [-0.2, -0.15) is 0 Å². The van der Waals surface area contributed by atoms with Gasteiger partial charge in [0.2, 0.25) is 0 Å². The molecule has 1 amide bonds. The molecule has 0 aliphatic heterocycles. The molecule has 4 N–H and O–H groups in total. The molecular formula is C18H17N5O2S2. The summed E-state index contributed by atoms with van der Waals surface area (Å²) in [6, 6.07) is 14.5. The number of rotatable bonds is 5. The lowest BCUT2D eigenvalue weighted by molar-refractivity contribution is 0.102. The normalized spacial score (nSPS) is 11.5. The maximum atomic E-state index is 12.2. The molecule has 1 unspecified atom stereocenters. The molecule has 0 radical (unpaired) electrons. The first-order valence-electron chi connectivity index (χ1n) is 8.06. The summed E-state index contributed by atoms with van der Waals surface area (Å²) in [5, 5.41) is 24.3. The lowest BCUT2D eigenvalue weighted by atomic mass is 10.1. The predicted octanol–water partition coefficient (Wildman–Crippen LogP) is 3.65. The Morgan fingerprint density at radius 3 is 2.52 bits per heavy atom. The molecule has 0 spiro atoms. The van der Waals surface area contributed by atoms with Crippen LogP contribution in [0.5, 0.6) is 0 Å². The number of aliphatic hydroxyl groups is 1. The van der Waals surface area contributed by atoms with Crippen molar-refractivity contribution in [2.75, 3.05) is 16.0 Å². The Labute approximate surface area is 165 Å². The van der Waals surface area contributed by atoms with Gasteiger partial charge in [-0.3, -0.25) is 4.79 Å². The summed E-state index contributed by atoms with van der Waals surface area (Å²) < 4.78 is 3.69. The van der Waals surface area contributed by atoms with E-state index in [0.717, 1.165) is 22.8 Å². The van der Waals surface area contributed by atoms with Crippen molar-refractivity contribution in [3.8, 4) is 0 Å². The lowest BCUT2D eigenvalue weighted by Crippen LogP contribution is -2.21. The first-order valence-corrected chi connectivity index (χ1v) is 9.31. The average molecular weight is 400 g/mol. The van der Waals surface area contributed by atoms with E-state index in [0.29, 0.717) is 16.5 Å². The zero-order chi connectivity index (χ0) is 19.2. The smallest absolute Gasteiger partial charge is 0.277 e. The lowest BCUT2D eigenvalue weighted by Gasteiger charge is -2.15. The summed E-state index contributed by atoms with van der Waals surface area (Å²) in [5.74, 6) is -0.346. The number of aromatic nitrogens is 2. The second kappa shape index (κ2) is 8.67. The molecule has 0 saturated heterocycles. The SMILES string of the molecule is CC(O)c1cccc(NC(=S)Nc2ccccc2NC(=O)c2csnn2)c1. The number of carbonyl (C=O) groups is 1. The minimum absolute atomic E-state index is 0.255. The van der Waals surface area contributed by atoms with Gasteiger partial charge in [-0.05, 0) is 60.5 Å². The van der Waals surface area contributed by atoms with Gasteiger partial charge < -0.3 is 21.1 Å². The van der Waals surface area contributed by atoms with Gasteiger partial charge in [-0.1, -0.05) is 28.8 Å². The minimum Gasteiger partial charge on any atom is -0.389 e. The summed E-state index contributed by atoms with van der Waals surface area (Å²) in [5.41, 5.74) is 2.99. The van der Waals surface area contributed by atoms with Gasteiger partial charge in [0.15, 0.2) is 10.8 Å². The molecule has 3 rings (SSSR count). The summed E-state index contributed by atoms with van der Waals surface area (Å²) in [6.07, 6.45) is -0.565. The van der Waals surface area contributed by atoms with Crippen LogP contribution in [0.15, 0.2) is 53.9 Å². The van der Waals surface area contributed by atoms with Crippen LogP contribution in [0.1, 0.15) is 29.1 Å². The molecule has 1 heterocycles. The number of carbonyl (C=O) groups excluding carboxylic acids is 1. The van der Waals surface area contributed by atoms with Crippen LogP contribution in [0.2, 0.25) is 0 Å². The Morgan fingerprint density at radius 1 is 1.11 bits per heavy atom. The third-order valence-electron chi connectivity index (χ3n) is 3.64. The van der Waals surface area contributed by atoms with Crippen LogP contribution in [0.25, 0.3) is 0 Å². The molecule has 0 aliphatic rings. The van der Waals surface area contributed by atoms with E-state index >= 15 is 0 Å². The minimum atomic E-state index is -0.565. The Bertz CT molecular complexity index is 944. The number of hydrogen-bond acceptors (Lipinski definition) is 6. The topological polar surface area (TPSA) is 99.2 Å². The van der Waals surface area contributed by atoms with E-state index in [2.05, 4.69) is 25.5 Å². The first-order chi connectivity index (χ1) is 13.0. The van der Waals surface area contributed by atoms with Crippen LogP contribution >= 0.6 is 23.8 Å². The van der Waals surface area contributed by atoms with Gasteiger partial charge in [0.05, 0.1) is 17.5 Å². The van der Waals surface area contributed by atoms with Gasteiger partial charge in [-0.25, -0.2) is 0 Å². The quantitative estimate of drug-likeness (QED) is 0.486. The third-order valence-corrected chi connectivity index (χ3v) is 4.35. The molecule has 2 aromatic carbocycles. The summed E-state index contributed by atoms with van der Waals surface area (Å²) in [7, 11) is 0. The van der Waals surface area contributed by atoms with Gasteiger partial charge in [0.25, 0.3) is 5.91 Å². The number of aliphatic hydroxyl groups excluding tert-OH is 1. The fraction of sp³-hybridized carbons (Fsp3) is 0.111. The van der Waals surface area contributed by atoms with Crippen LogP contribution in [0, 0.1) is 0 Å². The highest BCUT2D eigenvalue weighted by Gasteiger charge is 2.12. The number of nitrogens with zero attached hydrogens (tertiary/aromatic N) is 2. The highest BCUT2D eigenvalue weighted by atomic mass is 32.1. The average Bonchev–Trinajstić information content (AvgIpc) is 3.18. The van der Waals surface area contributed by atoms with Crippen molar-refractivity contribution >= 4 is 51.8 Å². The van der Waals surface area contributed by atoms with Crippen molar-refractivity contribution in [2.45, 2.75) is 13.0 Å². The summed E-state index contributed by atoms with van der Waals surface area (Å²) in [4.78, 5) is 12.2. The second-order valence-electron chi connectivity index (χ2n) is 5.67. The van der Waals surface area contributed by atoms with E-state index < -0.39 is 6.10 Å². The fourth-order valence-corrected chi connectivity index (χ4v) is 2.98. The number of anilines is 3. The largest absolute Gasteiger partial charge is 0.389 e. The number of para-hydroxylation sites is 2. The molecule has 9 heteroatoms. The Kier molecular flexibility index (Phi) is 6.07. The fourth-order valence-electron chi connectivity index (χ4n) is 2.31. The number of benzene rings is 2. The zero-order valence-corrected chi connectivity index (χ0v) is 16.0. The Hall–Kier alpha value is -2.88. The van der Waals surface area contributed by atoms with Crippen LogP contribution in [0.3, 0.4) is 0 Å². The molecule has 0 fully saturated rings. The maximum Gasteiger partial charge on any atom is 0.277 e. The van der Waals surface area contributed by atoms with Crippen molar-refractivity contribution in [2.24, 2.45) is 0 Å². The molecule has 0 aliphatic carbocycles. The highest BCUT2D eigenvalue weighted by molar-refractivity contribution is 7.80. The van der Waals surface area contributed by atoms with Gasteiger partial charge >= 0.3 is 0 Å². The second-order valence-corrected chi connectivity index (χ2v) is 6.69. The first kappa shape index (κ1) is 18.9. The van der Waals surface area contributed by atoms with Crippen molar-refractivity contribution in [3.63, 3.8) is 0 Å². The zero-order valence-electron chi connectivity index (χ0n) is 14.3. The maximum absolute atomic E-state index is 12.2. The van der Waals surface area contributed by atoms with Gasteiger partial charge in [-0.15, -0.1) is 5.10 Å². The predicted molar refractivity (Wildman–Crippen MR) is 111 cm³/mol. The van der Waals surface area contributed by atoms with Crippen molar-refractivity contribution in [3.05, 3.63) is 65.2 Å². The molecule has 27 heavy (non-hydrogen) atoms. The van der Waals surface area contributed by atoms with Crippen molar-refractivity contribution in [1.82, 2.24) is 9.59 Å². The van der Waals surface area contributed by atoms with E-state index in [-0.39, 0.29) is 11.6 Å². The molecule has 7 nitrogen and oxygen atoms in total. The van der Waals surface area contributed by atoms with E-state index in [9.17, 15) is 9.90 Å². The molecule has 0 bridgehead atoms. The molecule has 138 valence electrons. The van der Waals surface area contributed by atoms with E-state index in [1.807, 2.05) is 36.4 Å². The molecule has 3 aromatic rings. The molecular weight excluding hydrogens is 382 g/mol. The highest BCUT2D eigenvalue weighted by Crippen LogP contribution is 2.23.